The van der Waals surface area contributed by atoms with E-state index in [1.807, 2.05) is 0 Å². The third-order valence-electron chi connectivity index (χ3n) is 12.4. The summed E-state index contributed by atoms with van der Waals surface area (Å²) in [5, 5.41) is 20.4. The van der Waals surface area contributed by atoms with E-state index in [1.54, 1.807) is 82.3 Å². The highest BCUT2D eigenvalue weighted by molar-refractivity contribution is 7.90. The first-order valence-corrected chi connectivity index (χ1v) is 28.5. The van der Waals surface area contributed by atoms with Gasteiger partial charge in [-0.05, 0) is 115 Å². The van der Waals surface area contributed by atoms with Crippen molar-refractivity contribution in [2.75, 3.05) is 31.2 Å². The van der Waals surface area contributed by atoms with Crippen molar-refractivity contribution in [3.63, 3.8) is 0 Å². The average molecular weight is 1200 g/mol. The quantitative estimate of drug-likeness (QED) is 0.119. The van der Waals surface area contributed by atoms with Crippen LogP contribution in [0.3, 0.4) is 0 Å². The number of hydrogen-bond donors (Lipinski definition) is 3. The molecule has 2 aliphatic heterocycles. The van der Waals surface area contributed by atoms with Gasteiger partial charge < -0.3 is 24.4 Å². The van der Waals surface area contributed by atoms with Gasteiger partial charge in [-0.2, -0.15) is 23.7 Å². The number of halogens is 1. The molecular formula is C56H92FN14O8S3-. The zero-order valence-corrected chi connectivity index (χ0v) is 51.2. The molecule has 8 rings (SSSR count). The Kier molecular flexibility index (Phi) is 25.4. The van der Waals surface area contributed by atoms with Crippen LogP contribution in [-0.4, -0.2) is 115 Å². The third kappa shape index (κ3) is 19.4. The van der Waals surface area contributed by atoms with Gasteiger partial charge in [0.15, 0.2) is 11.6 Å². The SMILES string of the molecule is C.C.C.C[C@@H]1CNC(C)(C)C1.Cc1nc(-n2ccc(OCC(C)(C)C)n2)ccc1C(=O)NS(=O)(=O)c1cn(C)nc1C.Cc1nn(C)cc1S(=O)(=O)NC(=O)c1ccc(-n2ccc(OCC(C)(C)C)n2)nc1N1C[C@@H](C)CC1(C)C.S.[F-]. The van der Waals surface area contributed by atoms with E-state index in [4.69, 9.17) is 14.5 Å². The topological polar surface area (TPSA) is 257 Å². The van der Waals surface area contributed by atoms with Crippen molar-refractivity contribution < 1.29 is 40.6 Å². The number of amides is 2. The van der Waals surface area contributed by atoms with Crippen LogP contribution in [0.2, 0.25) is 0 Å². The number of ether oxygens (including phenoxy) is 2. The molecule has 22 nitrogen and oxygen atoms in total. The summed E-state index contributed by atoms with van der Waals surface area (Å²) >= 11 is 0. The number of nitrogens with one attached hydrogen (secondary N) is 3. The van der Waals surface area contributed by atoms with Crippen molar-refractivity contribution in [1.29, 1.82) is 0 Å². The summed E-state index contributed by atoms with van der Waals surface area (Å²) in [4.78, 5) is 37.2. The summed E-state index contributed by atoms with van der Waals surface area (Å²) in [5.41, 5.74) is 1.39. The van der Waals surface area contributed by atoms with Gasteiger partial charge in [0, 0.05) is 68.6 Å². The van der Waals surface area contributed by atoms with Crippen LogP contribution in [0.4, 0.5) is 5.82 Å². The van der Waals surface area contributed by atoms with Gasteiger partial charge in [0.05, 0.1) is 41.4 Å². The maximum absolute atomic E-state index is 13.4. The normalized spacial score (nSPS) is 16.2. The maximum atomic E-state index is 13.4. The molecule has 82 heavy (non-hydrogen) atoms. The van der Waals surface area contributed by atoms with E-state index >= 15 is 0 Å². The van der Waals surface area contributed by atoms with Crippen LogP contribution in [0, 0.1) is 43.4 Å². The van der Waals surface area contributed by atoms with Crippen LogP contribution >= 0.6 is 13.5 Å². The van der Waals surface area contributed by atoms with Crippen molar-refractivity contribution >= 4 is 51.2 Å². The molecule has 0 aliphatic carbocycles. The van der Waals surface area contributed by atoms with Crippen molar-refractivity contribution in [3.05, 3.63) is 89.4 Å². The molecule has 0 spiro atoms. The van der Waals surface area contributed by atoms with E-state index in [0.29, 0.717) is 77.5 Å². The number of nitrogens with zero attached hydrogens (tertiary/aromatic N) is 11. The van der Waals surface area contributed by atoms with Gasteiger partial charge >= 0.3 is 0 Å². The number of aromatic nitrogens is 10. The monoisotopic (exact) mass is 1200 g/mol. The van der Waals surface area contributed by atoms with Gasteiger partial charge in [0.25, 0.3) is 31.9 Å². The third-order valence-corrected chi connectivity index (χ3v) is 15.3. The lowest BCUT2D eigenvalue weighted by atomic mass is 9.97. The van der Waals surface area contributed by atoms with Crippen molar-refractivity contribution in [2.24, 2.45) is 36.8 Å². The maximum Gasteiger partial charge on any atom is 0.268 e. The molecule has 0 radical (unpaired) electrons. The van der Waals surface area contributed by atoms with E-state index in [2.05, 4.69) is 128 Å². The molecule has 2 fully saturated rings. The second kappa shape index (κ2) is 28.3. The summed E-state index contributed by atoms with van der Waals surface area (Å²) in [5.74, 6) is 2.03. The highest BCUT2D eigenvalue weighted by Crippen LogP contribution is 2.38. The Morgan fingerprint density at radius 2 is 1.07 bits per heavy atom. The number of carbonyl (C=O) groups is 2. The Hall–Kier alpha value is -6.38. The predicted molar refractivity (Wildman–Crippen MR) is 324 cm³/mol. The van der Waals surface area contributed by atoms with Gasteiger partial charge in [0.1, 0.15) is 15.6 Å². The number of carbonyl (C=O) groups excluding carboxylic acids is 2. The Balaban J connectivity index is 0.000000692. The Bertz CT molecular complexity index is 3320. The largest absolute Gasteiger partial charge is 1.00 e. The minimum atomic E-state index is -4.14. The van der Waals surface area contributed by atoms with Crippen molar-refractivity contribution in [2.45, 2.75) is 160 Å². The van der Waals surface area contributed by atoms with Crippen molar-refractivity contribution in [1.82, 2.24) is 63.9 Å². The molecule has 0 saturated carbocycles. The lowest BCUT2D eigenvalue weighted by Gasteiger charge is -2.34. The highest BCUT2D eigenvalue weighted by atomic mass is 32.2. The van der Waals surface area contributed by atoms with Gasteiger partial charge in [-0.25, -0.2) is 45.6 Å². The van der Waals surface area contributed by atoms with Crippen LogP contribution in [0.25, 0.3) is 11.6 Å². The first kappa shape index (κ1) is 73.6. The van der Waals surface area contributed by atoms with Crippen LogP contribution < -0.4 is 33.8 Å². The Morgan fingerprint density at radius 1 is 0.646 bits per heavy atom. The molecule has 6 aromatic heterocycles. The number of pyridine rings is 2. The molecule has 460 valence electrons. The number of anilines is 1. The van der Waals surface area contributed by atoms with E-state index < -0.39 is 31.9 Å². The zero-order valence-electron chi connectivity index (χ0n) is 48.6. The lowest BCUT2D eigenvalue weighted by molar-refractivity contribution is -0.0000428. The molecular weight excluding hydrogens is 1110 g/mol. The second-order valence-corrected chi connectivity index (χ2v) is 27.2. The van der Waals surface area contributed by atoms with Gasteiger partial charge in [-0.1, -0.05) is 77.7 Å². The molecule has 2 aliphatic rings. The fourth-order valence-corrected chi connectivity index (χ4v) is 11.4. The van der Waals surface area contributed by atoms with Crippen LogP contribution in [0.5, 0.6) is 11.8 Å². The molecule has 8 heterocycles. The van der Waals surface area contributed by atoms with Crippen LogP contribution in [0.15, 0.2) is 71.0 Å². The van der Waals surface area contributed by atoms with Gasteiger partial charge in [-0.15, -0.1) is 10.2 Å². The molecule has 6 aromatic rings. The first-order valence-electron chi connectivity index (χ1n) is 25.6. The van der Waals surface area contributed by atoms with E-state index in [1.165, 1.54) is 45.5 Å². The number of rotatable bonds is 13. The van der Waals surface area contributed by atoms with Gasteiger partial charge in [-0.3, -0.25) is 19.0 Å². The van der Waals surface area contributed by atoms with E-state index in [-0.39, 0.29) is 77.8 Å². The van der Waals surface area contributed by atoms with Crippen LogP contribution in [0.1, 0.15) is 156 Å². The summed E-state index contributed by atoms with van der Waals surface area (Å²) in [6.45, 7) is 33.2. The molecule has 0 unspecified atom stereocenters. The highest BCUT2D eigenvalue weighted by Gasteiger charge is 2.40. The van der Waals surface area contributed by atoms with E-state index in [0.717, 1.165) is 12.3 Å². The van der Waals surface area contributed by atoms with Gasteiger partial charge in [0.2, 0.25) is 11.8 Å². The van der Waals surface area contributed by atoms with Crippen LogP contribution in [-0.2, 0) is 34.1 Å². The summed E-state index contributed by atoms with van der Waals surface area (Å²) < 4.78 is 72.8. The molecule has 2 atom stereocenters. The molecule has 0 bridgehead atoms. The second-order valence-electron chi connectivity index (χ2n) is 23.9. The summed E-state index contributed by atoms with van der Waals surface area (Å²) in [6.07, 6.45) is 8.39. The standard InChI is InChI=1S/C26H37N7O4S.C20H26N6O4S.C7H15N.3CH4.FH.H2S/c1-17-13-26(6,7)32(14-17)23-19(24(34)30-38(35,36)20-15-31(8)28-18(20)2)9-10-21(27-23)33-12-11-22(29-33)37-16-25(3,4)5;1-13-15(19(27)24-31(28,29)16-11-25(6)22-14(16)2)7-8-17(21-13)26-10-9-18(23-26)30-12-20(3,4)5;1-6-4-7(2,3)8-5-6;;;;;/h9-12,15,17H,13-14,16H2,1-8H3,(H,30,34);7-11H,12H2,1-6H3,(H,24,27);6,8H,4-5H2,1-3H3;3*1H4;1H;1H2/p-1/t17-;;6-;;;;;/m0.0...../s1. The minimum Gasteiger partial charge on any atom is -1.00 e. The molecule has 0 aromatic carbocycles. The first-order chi connectivity index (χ1) is 35.5. The Labute approximate surface area is 493 Å². The van der Waals surface area contributed by atoms with Crippen molar-refractivity contribution in [3.8, 4) is 23.4 Å². The Morgan fingerprint density at radius 3 is 1.41 bits per heavy atom. The summed E-state index contributed by atoms with van der Waals surface area (Å²) in [6, 6.07) is 9.83. The fourth-order valence-electron chi connectivity index (χ4n) is 9.04. The molecule has 2 saturated heterocycles. The fraction of sp³-hybridized carbons (Fsp3) is 0.571. The molecule has 3 N–H and O–H groups in total. The zero-order chi connectivity index (χ0) is 57.2. The summed E-state index contributed by atoms with van der Waals surface area (Å²) in [7, 11) is -4.96. The molecule has 2 amide bonds. The smallest absolute Gasteiger partial charge is 0.268 e. The number of hydrogen-bond acceptors (Lipinski definition) is 16. The number of aryl methyl sites for hydroxylation is 5. The lowest BCUT2D eigenvalue weighted by Crippen LogP contribution is -3.00. The molecule has 26 heteroatoms. The minimum absolute atomic E-state index is 0. The number of sulfonamides is 2. The average Bonchev–Trinajstić information content (AvgIpc) is 4.17. The van der Waals surface area contributed by atoms with E-state index in [9.17, 15) is 26.4 Å². The predicted octanol–water partition coefficient (Wildman–Crippen LogP) is 6.06.